The first-order chi connectivity index (χ1) is 12.9. The number of rotatable bonds is 7. The van der Waals surface area contributed by atoms with Crippen LogP contribution in [-0.2, 0) is 4.74 Å². The number of methoxy groups -OCH3 is 3. The van der Waals surface area contributed by atoms with Gasteiger partial charge in [-0.3, -0.25) is 10.1 Å². The van der Waals surface area contributed by atoms with Crippen LogP contribution in [0.3, 0.4) is 0 Å². The van der Waals surface area contributed by atoms with Gasteiger partial charge in [0.2, 0.25) is 5.75 Å². The maximum Gasteiger partial charge on any atom is 0.350 e. The van der Waals surface area contributed by atoms with Crippen LogP contribution in [0.15, 0.2) is 10.5 Å². The van der Waals surface area contributed by atoms with Gasteiger partial charge in [-0.2, -0.15) is 0 Å². The molecule has 0 aliphatic carbocycles. The van der Waals surface area contributed by atoms with E-state index in [1.54, 1.807) is 13.8 Å². The molecule has 27 heavy (non-hydrogen) atoms. The van der Waals surface area contributed by atoms with Gasteiger partial charge in [-0.1, -0.05) is 11.3 Å². The third-order valence-electron chi connectivity index (χ3n) is 3.49. The number of carbonyl (C=O) groups is 2. The lowest BCUT2D eigenvalue weighted by Crippen LogP contribution is -2.13. The van der Waals surface area contributed by atoms with Crippen molar-refractivity contribution in [3.8, 4) is 17.2 Å². The van der Waals surface area contributed by atoms with E-state index in [9.17, 15) is 9.59 Å². The van der Waals surface area contributed by atoms with Crippen LogP contribution in [0, 0.1) is 6.92 Å². The Bertz CT molecular complexity index is 868. The SMILES string of the molecule is CCOC(=O)c1sc(NC(=O)c2cc(OC)c(OC)c(OC)c2Br)nc1C. The Morgan fingerprint density at radius 2 is 1.85 bits per heavy atom. The van der Waals surface area contributed by atoms with Gasteiger partial charge in [0.25, 0.3) is 5.91 Å². The average Bonchev–Trinajstić information content (AvgIpc) is 3.01. The molecule has 0 atom stereocenters. The van der Waals surface area contributed by atoms with Gasteiger partial charge in [0.05, 0.1) is 43.7 Å². The molecule has 1 heterocycles. The molecule has 1 amide bonds. The molecule has 1 aromatic heterocycles. The van der Waals surface area contributed by atoms with Crippen molar-refractivity contribution >= 4 is 44.3 Å². The molecule has 8 nitrogen and oxygen atoms in total. The maximum absolute atomic E-state index is 12.7. The van der Waals surface area contributed by atoms with Gasteiger partial charge < -0.3 is 18.9 Å². The van der Waals surface area contributed by atoms with Crippen LogP contribution in [0.4, 0.5) is 5.13 Å². The lowest BCUT2D eigenvalue weighted by molar-refractivity contribution is 0.0531. The molecule has 1 aromatic carbocycles. The van der Waals surface area contributed by atoms with Crippen molar-refractivity contribution in [2.24, 2.45) is 0 Å². The van der Waals surface area contributed by atoms with E-state index in [-0.39, 0.29) is 17.3 Å². The molecular formula is C17H19BrN2O6S. The molecule has 146 valence electrons. The summed E-state index contributed by atoms with van der Waals surface area (Å²) in [5.74, 6) is 0.0973. The zero-order valence-corrected chi connectivity index (χ0v) is 17.9. The van der Waals surface area contributed by atoms with E-state index < -0.39 is 11.9 Å². The summed E-state index contributed by atoms with van der Waals surface area (Å²) in [6, 6.07) is 1.52. The van der Waals surface area contributed by atoms with Crippen LogP contribution in [0.25, 0.3) is 0 Å². The first-order valence-electron chi connectivity index (χ1n) is 7.82. The Balaban J connectivity index is 2.36. The quantitative estimate of drug-likeness (QED) is 0.632. The van der Waals surface area contributed by atoms with Crippen molar-refractivity contribution in [2.45, 2.75) is 13.8 Å². The van der Waals surface area contributed by atoms with E-state index in [0.29, 0.717) is 32.3 Å². The molecule has 0 fully saturated rings. The largest absolute Gasteiger partial charge is 0.493 e. The monoisotopic (exact) mass is 458 g/mol. The molecule has 0 bridgehead atoms. The summed E-state index contributed by atoms with van der Waals surface area (Å²) in [5, 5.41) is 2.96. The van der Waals surface area contributed by atoms with Crippen LogP contribution < -0.4 is 19.5 Å². The van der Waals surface area contributed by atoms with Crippen LogP contribution in [0.1, 0.15) is 32.6 Å². The minimum atomic E-state index is -0.470. The highest BCUT2D eigenvalue weighted by atomic mass is 79.9. The number of aromatic nitrogens is 1. The summed E-state index contributed by atoms with van der Waals surface area (Å²) in [7, 11) is 4.39. The topological polar surface area (TPSA) is 96.0 Å². The number of hydrogen-bond donors (Lipinski definition) is 1. The molecule has 0 unspecified atom stereocenters. The highest BCUT2D eigenvalue weighted by Gasteiger charge is 2.24. The van der Waals surface area contributed by atoms with E-state index >= 15 is 0 Å². The Hall–Kier alpha value is -2.33. The number of thiazole rings is 1. The zero-order chi connectivity index (χ0) is 20.1. The van der Waals surface area contributed by atoms with Crippen LogP contribution in [0.5, 0.6) is 17.2 Å². The van der Waals surface area contributed by atoms with Gasteiger partial charge in [0, 0.05) is 0 Å². The lowest BCUT2D eigenvalue weighted by atomic mass is 10.1. The van der Waals surface area contributed by atoms with Gasteiger partial charge in [-0.15, -0.1) is 0 Å². The standard InChI is InChI=1S/C17H19BrN2O6S/c1-6-26-16(22)14-8(2)19-17(27-14)20-15(21)9-7-10(23-3)12(24-4)13(25-5)11(9)18/h7H,6H2,1-5H3,(H,19,20,21). The predicted molar refractivity (Wildman–Crippen MR) is 105 cm³/mol. The number of amides is 1. The van der Waals surface area contributed by atoms with Crippen molar-refractivity contribution in [1.29, 1.82) is 0 Å². The zero-order valence-electron chi connectivity index (χ0n) is 15.5. The fourth-order valence-electron chi connectivity index (χ4n) is 2.29. The fraction of sp³-hybridized carbons (Fsp3) is 0.353. The van der Waals surface area contributed by atoms with E-state index in [4.69, 9.17) is 18.9 Å². The van der Waals surface area contributed by atoms with Gasteiger partial charge in [0.1, 0.15) is 4.88 Å². The molecule has 0 aliphatic heterocycles. The Morgan fingerprint density at radius 3 is 2.41 bits per heavy atom. The summed E-state index contributed by atoms with van der Waals surface area (Å²) >= 11 is 4.41. The molecule has 2 rings (SSSR count). The molecular weight excluding hydrogens is 440 g/mol. The first-order valence-corrected chi connectivity index (χ1v) is 9.43. The summed E-state index contributed by atoms with van der Waals surface area (Å²) in [5.41, 5.74) is 0.743. The van der Waals surface area contributed by atoms with Gasteiger partial charge in [-0.25, -0.2) is 9.78 Å². The fourth-order valence-corrected chi connectivity index (χ4v) is 3.78. The van der Waals surface area contributed by atoms with Gasteiger partial charge >= 0.3 is 5.97 Å². The molecule has 10 heteroatoms. The number of nitrogens with zero attached hydrogens (tertiary/aromatic N) is 1. The summed E-state index contributed by atoms with van der Waals surface area (Å²) in [4.78, 5) is 29.2. The summed E-state index contributed by atoms with van der Waals surface area (Å²) in [6.45, 7) is 3.66. The number of hydrogen-bond acceptors (Lipinski definition) is 8. The van der Waals surface area contributed by atoms with Crippen molar-refractivity contribution < 1.29 is 28.5 Å². The average molecular weight is 459 g/mol. The number of benzene rings is 1. The summed E-state index contributed by atoms with van der Waals surface area (Å²) in [6.07, 6.45) is 0. The number of esters is 1. The number of carbonyl (C=O) groups excluding carboxylic acids is 2. The second kappa shape index (κ2) is 9.05. The van der Waals surface area contributed by atoms with Crippen LogP contribution in [0.2, 0.25) is 0 Å². The number of nitrogens with one attached hydrogen (secondary N) is 1. The van der Waals surface area contributed by atoms with Crippen molar-refractivity contribution in [3.05, 3.63) is 26.7 Å². The van der Waals surface area contributed by atoms with E-state index in [2.05, 4.69) is 26.2 Å². The number of anilines is 1. The highest BCUT2D eigenvalue weighted by Crippen LogP contribution is 2.44. The van der Waals surface area contributed by atoms with Crippen molar-refractivity contribution in [3.63, 3.8) is 0 Å². The molecule has 2 aromatic rings. The minimum absolute atomic E-state index is 0.259. The third-order valence-corrected chi connectivity index (χ3v) is 5.33. The number of halogens is 1. The first kappa shape index (κ1) is 21.0. The molecule has 0 saturated carbocycles. The molecule has 0 saturated heterocycles. The van der Waals surface area contributed by atoms with E-state index in [1.807, 2.05) is 0 Å². The van der Waals surface area contributed by atoms with Gasteiger partial charge in [-0.05, 0) is 35.8 Å². The van der Waals surface area contributed by atoms with Crippen molar-refractivity contribution in [2.75, 3.05) is 33.3 Å². The second-order valence-electron chi connectivity index (χ2n) is 5.12. The highest BCUT2D eigenvalue weighted by molar-refractivity contribution is 9.10. The molecule has 0 aliphatic rings. The molecule has 0 spiro atoms. The van der Waals surface area contributed by atoms with Crippen LogP contribution >= 0.6 is 27.3 Å². The minimum Gasteiger partial charge on any atom is -0.493 e. The van der Waals surface area contributed by atoms with Crippen molar-refractivity contribution in [1.82, 2.24) is 4.98 Å². The third kappa shape index (κ3) is 4.33. The Kier molecular flexibility index (Phi) is 7.03. The maximum atomic E-state index is 12.7. The lowest BCUT2D eigenvalue weighted by Gasteiger charge is -2.16. The molecule has 0 radical (unpaired) electrons. The number of ether oxygens (including phenoxy) is 4. The van der Waals surface area contributed by atoms with Gasteiger partial charge in [0.15, 0.2) is 16.6 Å². The predicted octanol–water partition coefficient (Wildman–Crippen LogP) is 3.67. The number of aryl methyl sites for hydroxylation is 1. The van der Waals surface area contributed by atoms with E-state index in [0.717, 1.165) is 11.3 Å². The second-order valence-corrected chi connectivity index (χ2v) is 6.91. The summed E-state index contributed by atoms with van der Waals surface area (Å²) < 4.78 is 21.3. The van der Waals surface area contributed by atoms with E-state index in [1.165, 1.54) is 27.4 Å². The Labute approximate surface area is 168 Å². The normalized spacial score (nSPS) is 10.3. The Morgan fingerprint density at radius 1 is 1.19 bits per heavy atom. The molecule has 1 N–H and O–H groups in total. The van der Waals surface area contributed by atoms with Crippen LogP contribution in [-0.4, -0.2) is 44.8 Å². The smallest absolute Gasteiger partial charge is 0.350 e.